The van der Waals surface area contributed by atoms with Crippen molar-refractivity contribution in [2.75, 3.05) is 33.1 Å². The summed E-state index contributed by atoms with van der Waals surface area (Å²) >= 11 is 0. The van der Waals surface area contributed by atoms with E-state index in [1.54, 1.807) is 7.11 Å². The van der Waals surface area contributed by atoms with Gasteiger partial charge in [-0.15, -0.1) is 0 Å². The van der Waals surface area contributed by atoms with E-state index >= 15 is 0 Å². The number of methoxy groups -OCH3 is 1. The first-order valence-corrected chi connectivity index (χ1v) is 4.87. The van der Waals surface area contributed by atoms with Gasteiger partial charge in [0.1, 0.15) is 0 Å². The van der Waals surface area contributed by atoms with Gasteiger partial charge in [0.05, 0.1) is 26.0 Å². The molecule has 1 aliphatic rings. The summed E-state index contributed by atoms with van der Waals surface area (Å²) in [6, 6.07) is 0. The average Bonchev–Trinajstić information content (AvgIpc) is 2.33. The van der Waals surface area contributed by atoms with Gasteiger partial charge in [0.25, 0.3) is 0 Å². The van der Waals surface area contributed by atoms with Gasteiger partial charge in [-0.2, -0.15) is 0 Å². The molecule has 1 saturated heterocycles. The lowest BCUT2D eigenvalue weighted by Gasteiger charge is -2.06. The van der Waals surface area contributed by atoms with E-state index in [2.05, 4.69) is 0 Å². The van der Waals surface area contributed by atoms with Gasteiger partial charge in [-0.25, -0.2) is 0 Å². The second kappa shape index (κ2) is 3.49. The van der Waals surface area contributed by atoms with E-state index in [0.717, 1.165) is 0 Å². The Kier molecular flexibility index (Phi) is 2.86. The predicted molar refractivity (Wildman–Crippen MR) is 36.3 cm³/mol. The highest BCUT2D eigenvalue weighted by Gasteiger charge is 2.28. The highest BCUT2D eigenvalue weighted by molar-refractivity contribution is 7.54. The van der Waals surface area contributed by atoms with Crippen LogP contribution in [-0.4, -0.2) is 33.1 Å². The van der Waals surface area contributed by atoms with Crippen LogP contribution in [0.4, 0.5) is 0 Å². The molecule has 10 heavy (non-hydrogen) atoms. The zero-order valence-electron chi connectivity index (χ0n) is 5.91. The third kappa shape index (κ3) is 2.06. The van der Waals surface area contributed by atoms with Crippen LogP contribution < -0.4 is 0 Å². The third-order valence-electron chi connectivity index (χ3n) is 1.23. The summed E-state index contributed by atoms with van der Waals surface area (Å²) < 4.78 is 25.8. The van der Waals surface area contributed by atoms with E-state index in [-0.39, 0.29) is 0 Å². The maximum absolute atomic E-state index is 11.2. The van der Waals surface area contributed by atoms with Crippen LogP contribution in [-0.2, 0) is 18.3 Å². The average molecular weight is 166 g/mol. The minimum absolute atomic E-state index is 0.365. The lowest BCUT2D eigenvalue weighted by Crippen LogP contribution is -1.97. The van der Waals surface area contributed by atoms with Crippen LogP contribution in [0, 0.1) is 0 Å². The molecule has 1 aliphatic heterocycles. The molecule has 0 saturated carbocycles. The van der Waals surface area contributed by atoms with E-state index in [1.165, 1.54) is 0 Å². The monoisotopic (exact) mass is 166 g/mol. The maximum atomic E-state index is 11.2. The van der Waals surface area contributed by atoms with Gasteiger partial charge in [-0.1, -0.05) is 0 Å². The molecule has 4 nitrogen and oxygen atoms in total. The van der Waals surface area contributed by atoms with E-state index in [4.69, 9.17) is 13.8 Å². The SMILES string of the molecule is COCCP1(=O)OCCO1. The van der Waals surface area contributed by atoms with E-state index < -0.39 is 7.60 Å². The lowest BCUT2D eigenvalue weighted by atomic mass is 10.8. The molecule has 60 valence electrons. The van der Waals surface area contributed by atoms with Gasteiger partial charge in [0.15, 0.2) is 0 Å². The van der Waals surface area contributed by atoms with Gasteiger partial charge in [0.2, 0.25) is 0 Å². The van der Waals surface area contributed by atoms with E-state index in [9.17, 15) is 4.57 Å². The quantitative estimate of drug-likeness (QED) is 0.583. The van der Waals surface area contributed by atoms with Crippen molar-refractivity contribution >= 4 is 7.60 Å². The van der Waals surface area contributed by atoms with Gasteiger partial charge < -0.3 is 13.8 Å². The van der Waals surface area contributed by atoms with Crippen LogP contribution in [0.25, 0.3) is 0 Å². The normalized spacial score (nSPS) is 23.3. The molecule has 0 aromatic rings. The lowest BCUT2D eigenvalue weighted by molar-refractivity contribution is 0.210. The Morgan fingerprint density at radius 2 is 2.10 bits per heavy atom. The zero-order valence-corrected chi connectivity index (χ0v) is 6.80. The van der Waals surface area contributed by atoms with Crippen LogP contribution in [0.2, 0.25) is 0 Å². The summed E-state index contributed by atoms with van der Waals surface area (Å²) in [6.45, 7) is 1.32. The second-order valence-corrected chi connectivity index (χ2v) is 4.18. The van der Waals surface area contributed by atoms with Gasteiger partial charge in [-0.3, -0.25) is 4.57 Å². The fraction of sp³-hybridized carbons (Fsp3) is 1.00. The molecular formula is C5H11O4P. The van der Waals surface area contributed by atoms with Gasteiger partial charge >= 0.3 is 7.60 Å². The molecule has 0 spiro atoms. The Balaban J connectivity index is 2.29. The molecule has 0 bridgehead atoms. The topological polar surface area (TPSA) is 44.8 Å². The van der Waals surface area contributed by atoms with Crippen LogP contribution in [0.1, 0.15) is 0 Å². The Bertz CT molecular complexity index is 137. The van der Waals surface area contributed by atoms with Crippen molar-refractivity contribution < 1.29 is 18.3 Å². The number of rotatable bonds is 3. The molecule has 0 radical (unpaired) electrons. The van der Waals surface area contributed by atoms with Crippen LogP contribution in [0.15, 0.2) is 0 Å². The van der Waals surface area contributed by atoms with Crippen LogP contribution in [0.3, 0.4) is 0 Å². The number of hydrogen-bond acceptors (Lipinski definition) is 4. The van der Waals surface area contributed by atoms with E-state index in [0.29, 0.717) is 26.0 Å². The molecule has 1 heterocycles. The Hall–Kier alpha value is 0.110. The molecule has 5 heteroatoms. The molecule has 0 amide bonds. The van der Waals surface area contributed by atoms with Crippen LogP contribution in [0.5, 0.6) is 0 Å². The van der Waals surface area contributed by atoms with Crippen LogP contribution >= 0.6 is 7.60 Å². The third-order valence-corrected chi connectivity index (χ3v) is 3.11. The molecule has 1 rings (SSSR count). The second-order valence-electron chi connectivity index (χ2n) is 1.99. The Morgan fingerprint density at radius 3 is 2.60 bits per heavy atom. The van der Waals surface area contributed by atoms with Crippen molar-refractivity contribution in [3.63, 3.8) is 0 Å². The fourth-order valence-corrected chi connectivity index (χ4v) is 2.17. The maximum Gasteiger partial charge on any atom is 0.333 e. The zero-order chi connectivity index (χ0) is 7.45. The van der Waals surface area contributed by atoms with Crippen molar-refractivity contribution in [2.24, 2.45) is 0 Å². The van der Waals surface area contributed by atoms with Crippen molar-refractivity contribution in [3.8, 4) is 0 Å². The van der Waals surface area contributed by atoms with Crippen molar-refractivity contribution in [3.05, 3.63) is 0 Å². The summed E-state index contributed by atoms with van der Waals surface area (Å²) in [5, 5.41) is 0. The molecule has 0 aliphatic carbocycles. The Labute approximate surface area is 60.0 Å². The predicted octanol–water partition coefficient (Wildman–Crippen LogP) is 0.873. The molecule has 0 unspecified atom stereocenters. The first kappa shape index (κ1) is 8.21. The largest absolute Gasteiger partial charge is 0.384 e. The molecular weight excluding hydrogens is 155 g/mol. The molecule has 0 atom stereocenters. The molecule has 0 aromatic heterocycles. The highest BCUT2D eigenvalue weighted by atomic mass is 31.2. The van der Waals surface area contributed by atoms with Crippen molar-refractivity contribution in [1.29, 1.82) is 0 Å². The minimum Gasteiger partial charge on any atom is -0.384 e. The van der Waals surface area contributed by atoms with Gasteiger partial charge in [-0.05, 0) is 0 Å². The summed E-state index contributed by atoms with van der Waals surface area (Å²) in [7, 11) is -1.15. The van der Waals surface area contributed by atoms with Gasteiger partial charge in [0, 0.05) is 7.11 Å². The molecule has 1 fully saturated rings. The standard InChI is InChI=1S/C5H11O4P/c1-7-4-5-10(6)8-2-3-9-10/h2-5H2,1H3. The number of ether oxygens (including phenoxy) is 1. The van der Waals surface area contributed by atoms with Crippen molar-refractivity contribution in [1.82, 2.24) is 0 Å². The first-order valence-electron chi connectivity index (χ1n) is 3.14. The summed E-state index contributed by atoms with van der Waals surface area (Å²) in [5.41, 5.74) is 0. The summed E-state index contributed by atoms with van der Waals surface area (Å²) in [5.74, 6) is 0. The smallest absolute Gasteiger partial charge is 0.333 e. The first-order chi connectivity index (χ1) is 4.77. The number of hydrogen-bond donors (Lipinski definition) is 0. The van der Waals surface area contributed by atoms with E-state index in [1.807, 2.05) is 0 Å². The summed E-state index contributed by atoms with van der Waals surface area (Å²) in [6.07, 6.45) is 0.365. The fourth-order valence-electron chi connectivity index (χ4n) is 0.722. The summed E-state index contributed by atoms with van der Waals surface area (Å²) in [4.78, 5) is 0. The molecule has 0 aromatic carbocycles. The highest BCUT2D eigenvalue weighted by Crippen LogP contribution is 2.51. The Morgan fingerprint density at radius 1 is 1.50 bits per heavy atom. The van der Waals surface area contributed by atoms with Crippen molar-refractivity contribution in [2.45, 2.75) is 0 Å². The minimum atomic E-state index is -2.71. The molecule has 0 N–H and O–H groups in total.